The van der Waals surface area contributed by atoms with Crippen molar-refractivity contribution in [1.82, 2.24) is 0 Å². The highest BCUT2D eigenvalue weighted by Crippen LogP contribution is 2.50. The zero-order valence-corrected chi connectivity index (χ0v) is 11.8. The van der Waals surface area contributed by atoms with Crippen LogP contribution >= 0.6 is 0 Å². The van der Waals surface area contributed by atoms with Gasteiger partial charge >= 0.3 is 0 Å². The quantitative estimate of drug-likeness (QED) is 0.621. The molecule has 98 valence electrons. The summed E-state index contributed by atoms with van der Waals surface area (Å²) in [6.07, 6.45) is 0. The van der Waals surface area contributed by atoms with Gasteiger partial charge in [0.15, 0.2) is 0 Å². The van der Waals surface area contributed by atoms with E-state index < -0.39 is 0 Å². The van der Waals surface area contributed by atoms with Crippen molar-refractivity contribution in [3.63, 3.8) is 0 Å². The van der Waals surface area contributed by atoms with Crippen molar-refractivity contribution in [2.24, 2.45) is 0 Å². The van der Waals surface area contributed by atoms with E-state index in [0.29, 0.717) is 0 Å². The third kappa shape index (κ3) is 2.08. The van der Waals surface area contributed by atoms with Gasteiger partial charge in [-0.15, -0.1) is 0 Å². The van der Waals surface area contributed by atoms with Crippen molar-refractivity contribution in [3.8, 4) is 0 Å². The summed E-state index contributed by atoms with van der Waals surface area (Å²) in [4.78, 5) is 2.39. The molecule has 0 atom stereocenters. The summed E-state index contributed by atoms with van der Waals surface area (Å²) in [5.74, 6) is 0. The zero-order valence-electron chi connectivity index (χ0n) is 11.8. The van der Waals surface area contributed by atoms with Crippen molar-refractivity contribution >= 4 is 5.69 Å². The van der Waals surface area contributed by atoms with E-state index in [4.69, 9.17) is 0 Å². The molecule has 1 heteroatoms. The molecule has 0 unspecified atom stereocenters. The summed E-state index contributed by atoms with van der Waals surface area (Å²) in [6, 6.07) is 8.72. The van der Waals surface area contributed by atoms with Crippen LogP contribution in [0.1, 0.15) is 54.5 Å². The molecule has 0 fully saturated rings. The van der Waals surface area contributed by atoms with Crippen LogP contribution in [0.5, 0.6) is 0 Å². The molecule has 0 radical (unpaired) electrons. The fraction of sp³-hybridized carbons (Fsp3) is 0.625. The van der Waals surface area contributed by atoms with Crippen LogP contribution in [0.4, 0.5) is 5.69 Å². The first kappa shape index (κ1) is 16.0. The highest BCUT2D eigenvalue weighted by molar-refractivity contribution is 5.65. The molecule has 0 aromatic heterocycles. The van der Waals surface area contributed by atoms with Gasteiger partial charge in [-0.25, -0.2) is 0 Å². The molecule has 1 heterocycles. The maximum atomic E-state index is 2.39. The third-order valence-corrected chi connectivity index (χ3v) is 4.31. The molecule has 0 N–H and O–H groups in total. The molecule has 1 nitrogen and oxygen atoms in total. The first-order valence-electron chi connectivity index (χ1n) is 6.22. The Morgan fingerprint density at radius 2 is 1.41 bits per heavy atom. The van der Waals surface area contributed by atoms with Crippen LogP contribution in [-0.4, -0.2) is 12.6 Å². The van der Waals surface area contributed by atoms with Crippen LogP contribution in [0, 0.1) is 0 Å². The fourth-order valence-corrected chi connectivity index (χ4v) is 2.34. The van der Waals surface area contributed by atoms with Gasteiger partial charge in [0.05, 0.1) is 0 Å². The van der Waals surface area contributed by atoms with Crippen LogP contribution in [0.2, 0.25) is 0 Å². The van der Waals surface area contributed by atoms with Gasteiger partial charge in [0.1, 0.15) is 0 Å². The van der Waals surface area contributed by atoms with Crippen LogP contribution in [0.3, 0.4) is 0 Å². The number of hydrogen-bond donors (Lipinski definition) is 0. The van der Waals surface area contributed by atoms with Crippen LogP contribution in [0.25, 0.3) is 0 Å². The van der Waals surface area contributed by atoms with Crippen LogP contribution in [0.15, 0.2) is 24.3 Å². The summed E-state index contributed by atoms with van der Waals surface area (Å²) >= 11 is 0. The summed E-state index contributed by atoms with van der Waals surface area (Å²) in [5.41, 5.74) is 3.25. The Morgan fingerprint density at radius 1 is 0.941 bits per heavy atom. The first-order valence-corrected chi connectivity index (χ1v) is 6.22. The topological polar surface area (TPSA) is 3.24 Å². The van der Waals surface area contributed by atoms with Gasteiger partial charge in [0.25, 0.3) is 0 Å². The fourth-order valence-electron chi connectivity index (χ4n) is 2.34. The lowest BCUT2D eigenvalue weighted by atomic mass is 9.72. The molecular formula is C16H29N. The highest BCUT2D eigenvalue weighted by atomic mass is 15.2. The molecule has 17 heavy (non-hydrogen) atoms. The smallest absolute Gasteiger partial charge is 0.0434 e. The molecule has 1 aromatic carbocycles. The minimum Gasteiger partial charge on any atom is -0.368 e. The minimum atomic E-state index is 0. The number of hydrogen-bond acceptors (Lipinski definition) is 1. The number of anilines is 1. The van der Waals surface area contributed by atoms with Crippen molar-refractivity contribution < 1.29 is 0 Å². The SMILES string of the molecule is C.CC.CN1c2ccccc2C(C)(C)C1(C)C. The van der Waals surface area contributed by atoms with Gasteiger partial charge in [-0.1, -0.05) is 53.3 Å². The first-order chi connectivity index (χ1) is 7.39. The van der Waals surface area contributed by atoms with E-state index in [1.807, 2.05) is 13.8 Å². The molecule has 0 bridgehead atoms. The van der Waals surface area contributed by atoms with E-state index >= 15 is 0 Å². The Labute approximate surface area is 108 Å². The largest absolute Gasteiger partial charge is 0.368 e. The average Bonchev–Trinajstić information content (AvgIpc) is 2.42. The van der Waals surface area contributed by atoms with Gasteiger partial charge in [0.2, 0.25) is 0 Å². The second-order valence-corrected chi connectivity index (χ2v) is 5.26. The molecule has 2 rings (SSSR count). The number of para-hydroxylation sites is 1. The lowest BCUT2D eigenvalue weighted by Gasteiger charge is -2.40. The Kier molecular flexibility index (Phi) is 4.82. The van der Waals surface area contributed by atoms with Crippen molar-refractivity contribution in [2.45, 2.75) is 59.9 Å². The number of fused-ring (bicyclic) bond motifs is 1. The summed E-state index contributed by atoms with van der Waals surface area (Å²) in [6.45, 7) is 13.3. The maximum Gasteiger partial charge on any atom is 0.0434 e. The summed E-state index contributed by atoms with van der Waals surface area (Å²) < 4.78 is 0. The van der Waals surface area contributed by atoms with Crippen LogP contribution < -0.4 is 4.90 Å². The number of likely N-dealkylation sites (N-methyl/N-ethyl adjacent to an activating group) is 1. The molecule has 0 saturated heterocycles. The number of benzene rings is 1. The average molecular weight is 235 g/mol. The van der Waals surface area contributed by atoms with Crippen LogP contribution in [-0.2, 0) is 5.41 Å². The van der Waals surface area contributed by atoms with E-state index in [9.17, 15) is 0 Å². The maximum absolute atomic E-state index is 2.39. The van der Waals surface area contributed by atoms with Gasteiger partial charge in [-0.3, -0.25) is 0 Å². The molecule has 1 aliphatic heterocycles. The van der Waals surface area contributed by atoms with Gasteiger partial charge in [-0.2, -0.15) is 0 Å². The Bertz CT molecular complexity index is 364. The molecule has 0 amide bonds. The summed E-state index contributed by atoms with van der Waals surface area (Å²) in [5, 5.41) is 0. The lowest BCUT2D eigenvalue weighted by Crippen LogP contribution is -2.49. The van der Waals surface area contributed by atoms with Gasteiger partial charge in [0, 0.05) is 23.7 Å². The number of nitrogens with zero attached hydrogens (tertiary/aromatic N) is 1. The zero-order chi connectivity index (χ0) is 12.6. The number of rotatable bonds is 0. The van der Waals surface area contributed by atoms with E-state index in [1.54, 1.807) is 0 Å². The Morgan fingerprint density at radius 3 is 1.88 bits per heavy atom. The van der Waals surface area contributed by atoms with Gasteiger partial charge < -0.3 is 4.90 Å². The van der Waals surface area contributed by atoms with Crippen molar-refractivity contribution in [2.75, 3.05) is 11.9 Å². The molecule has 0 saturated carbocycles. The molecule has 1 aromatic rings. The van der Waals surface area contributed by atoms with E-state index in [0.717, 1.165) is 0 Å². The van der Waals surface area contributed by atoms with Crippen molar-refractivity contribution in [3.05, 3.63) is 29.8 Å². The van der Waals surface area contributed by atoms with E-state index in [-0.39, 0.29) is 18.4 Å². The molecule has 0 spiro atoms. The summed E-state index contributed by atoms with van der Waals surface area (Å²) in [7, 11) is 2.19. The third-order valence-electron chi connectivity index (χ3n) is 4.31. The predicted octanol–water partition coefficient (Wildman–Crippen LogP) is 4.85. The highest BCUT2D eigenvalue weighted by Gasteiger charge is 2.48. The minimum absolute atomic E-state index is 0. The lowest BCUT2D eigenvalue weighted by molar-refractivity contribution is 0.322. The second-order valence-electron chi connectivity index (χ2n) is 5.26. The van der Waals surface area contributed by atoms with E-state index in [2.05, 4.69) is 63.9 Å². The monoisotopic (exact) mass is 235 g/mol. The standard InChI is InChI=1S/C13H19N.C2H6.CH4/c1-12(2)10-8-6-7-9-11(10)14(5)13(12,3)4;1-2;/h6-9H,1-5H3;1-2H3;1H4. The Balaban J connectivity index is 0.000000811. The van der Waals surface area contributed by atoms with Crippen molar-refractivity contribution in [1.29, 1.82) is 0 Å². The van der Waals surface area contributed by atoms with E-state index in [1.165, 1.54) is 11.3 Å². The molecule has 0 aliphatic carbocycles. The molecular weight excluding hydrogens is 206 g/mol. The Hall–Kier alpha value is -0.980. The normalized spacial score (nSPS) is 18.6. The molecule has 1 aliphatic rings. The predicted molar refractivity (Wildman–Crippen MR) is 80.0 cm³/mol. The van der Waals surface area contributed by atoms with Gasteiger partial charge in [-0.05, 0) is 25.5 Å². The second kappa shape index (κ2) is 5.12.